The minimum Gasteiger partial charge on any atom is -0.380 e. The monoisotopic (exact) mass is 272 g/mol. The van der Waals surface area contributed by atoms with Crippen molar-refractivity contribution in [1.82, 2.24) is 4.98 Å². The summed E-state index contributed by atoms with van der Waals surface area (Å²) in [6.45, 7) is 0.433. The lowest BCUT2D eigenvalue weighted by atomic mass is 10.1. The van der Waals surface area contributed by atoms with E-state index in [0.29, 0.717) is 18.0 Å². The molecule has 104 valence electrons. The molecule has 0 atom stereocenters. The smallest absolute Gasteiger partial charge is 0.255 e. The maximum Gasteiger partial charge on any atom is 0.255 e. The first-order chi connectivity index (χ1) is 9.74. The standard InChI is InChI=1S/C14H16N4O2/c1-20-9-11-4-2-3-5-12(11)17-14(19)10-6-7-16-13(8-10)18-15/h2-8H,9,15H2,1H3,(H,16,18)(H,17,19). The Labute approximate surface area is 116 Å². The van der Waals surface area contributed by atoms with E-state index in [1.807, 2.05) is 24.3 Å². The number of para-hydroxylation sites is 1. The van der Waals surface area contributed by atoms with E-state index in [1.165, 1.54) is 6.20 Å². The minimum atomic E-state index is -0.229. The largest absolute Gasteiger partial charge is 0.380 e. The number of nitrogens with zero attached hydrogens (tertiary/aromatic N) is 1. The number of carbonyl (C=O) groups is 1. The summed E-state index contributed by atoms with van der Waals surface area (Å²) in [6.07, 6.45) is 1.52. The molecular formula is C14H16N4O2. The van der Waals surface area contributed by atoms with Crippen LogP contribution in [-0.2, 0) is 11.3 Å². The Morgan fingerprint density at radius 1 is 1.35 bits per heavy atom. The van der Waals surface area contributed by atoms with Gasteiger partial charge in [0, 0.05) is 30.1 Å². The summed E-state index contributed by atoms with van der Waals surface area (Å²) in [7, 11) is 1.61. The third-order valence-corrected chi connectivity index (χ3v) is 2.74. The molecule has 2 aromatic rings. The summed E-state index contributed by atoms with van der Waals surface area (Å²) in [5.41, 5.74) is 4.51. The Hall–Kier alpha value is -2.44. The van der Waals surface area contributed by atoms with E-state index in [2.05, 4.69) is 15.7 Å². The maximum atomic E-state index is 12.2. The predicted octanol–water partition coefficient (Wildman–Crippen LogP) is 1.77. The molecule has 1 heterocycles. The van der Waals surface area contributed by atoms with Gasteiger partial charge in [-0.15, -0.1) is 0 Å². The SMILES string of the molecule is COCc1ccccc1NC(=O)c1ccnc(NN)c1. The van der Waals surface area contributed by atoms with E-state index in [0.717, 1.165) is 11.3 Å². The van der Waals surface area contributed by atoms with E-state index >= 15 is 0 Å². The lowest BCUT2D eigenvalue weighted by Gasteiger charge is -2.10. The molecule has 1 aromatic carbocycles. The Kier molecular flexibility index (Phi) is 4.65. The number of hydrogen-bond acceptors (Lipinski definition) is 5. The van der Waals surface area contributed by atoms with E-state index in [-0.39, 0.29) is 5.91 Å². The van der Waals surface area contributed by atoms with Crippen LogP contribution in [0.15, 0.2) is 42.6 Å². The Morgan fingerprint density at radius 3 is 2.90 bits per heavy atom. The number of carbonyl (C=O) groups excluding carboxylic acids is 1. The molecule has 0 spiro atoms. The van der Waals surface area contributed by atoms with Crippen LogP contribution in [0.4, 0.5) is 11.5 Å². The van der Waals surface area contributed by atoms with Crippen molar-refractivity contribution in [2.24, 2.45) is 5.84 Å². The van der Waals surface area contributed by atoms with Crippen molar-refractivity contribution in [2.45, 2.75) is 6.61 Å². The molecule has 0 aliphatic heterocycles. The highest BCUT2D eigenvalue weighted by molar-refractivity contribution is 6.05. The van der Waals surface area contributed by atoms with Crippen LogP contribution in [0.2, 0.25) is 0 Å². The van der Waals surface area contributed by atoms with Gasteiger partial charge in [0.1, 0.15) is 5.82 Å². The number of aromatic nitrogens is 1. The van der Waals surface area contributed by atoms with Crippen LogP contribution in [0.25, 0.3) is 0 Å². The number of ether oxygens (including phenoxy) is 1. The van der Waals surface area contributed by atoms with E-state index in [4.69, 9.17) is 10.6 Å². The molecule has 4 N–H and O–H groups in total. The van der Waals surface area contributed by atoms with E-state index in [1.54, 1.807) is 19.2 Å². The highest BCUT2D eigenvalue weighted by atomic mass is 16.5. The van der Waals surface area contributed by atoms with Gasteiger partial charge >= 0.3 is 0 Å². The summed E-state index contributed by atoms with van der Waals surface area (Å²) >= 11 is 0. The molecule has 1 amide bonds. The number of nitrogens with two attached hydrogens (primary N) is 1. The van der Waals surface area contributed by atoms with E-state index in [9.17, 15) is 4.79 Å². The van der Waals surface area contributed by atoms with Crippen LogP contribution < -0.4 is 16.6 Å². The zero-order valence-corrected chi connectivity index (χ0v) is 11.1. The van der Waals surface area contributed by atoms with Gasteiger partial charge in [-0.25, -0.2) is 10.8 Å². The van der Waals surface area contributed by atoms with Gasteiger partial charge in [0.2, 0.25) is 0 Å². The lowest BCUT2D eigenvalue weighted by Crippen LogP contribution is -2.15. The number of pyridine rings is 1. The van der Waals surface area contributed by atoms with Crippen LogP contribution in [0, 0.1) is 0 Å². The fraction of sp³-hybridized carbons (Fsp3) is 0.143. The van der Waals surface area contributed by atoms with Crippen molar-refractivity contribution in [3.63, 3.8) is 0 Å². The predicted molar refractivity (Wildman–Crippen MR) is 77.2 cm³/mol. The van der Waals surface area contributed by atoms with Gasteiger partial charge in [0.05, 0.1) is 6.61 Å². The van der Waals surface area contributed by atoms with Gasteiger partial charge in [-0.05, 0) is 18.2 Å². The number of benzene rings is 1. The van der Waals surface area contributed by atoms with Crippen LogP contribution in [-0.4, -0.2) is 18.0 Å². The Balaban J connectivity index is 2.19. The second kappa shape index (κ2) is 6.65. The molecule has 20 heavy (non-hydrogen) atoms. The van der Waals surface area contributed by atoms with Crippen molar-refractivity contribution < 1.29 is 9.53 Å². The van der Waals surface area contributed by atoms with Crippen molar-refractivity contribution >= 4 is 17.4 Å². The van der Waals surface area contributed by atoms with Crippen LogP contribution >= 0.6 is 0 Å². The molecule has 0 saturated heterocycles. The zero-order valence-electron chi connectivity index (χ0n) is 11.1. The molecule has 6 nitrogen and oxygen atoms in total. The van der Waals surface area contributed by atoms with Crippen molar-refractivity contribution in [1.29, 1.82) is 0 Å². The van der Waals surface area contributed by atoms with Crippen LogP contribution in [0.5, 0.6) is 0 Å². The minimum absolute atomic E-state index is 0.229. The van der Waals surface area contributed by atoms with Gasteiger partial charge in [-0.2, -0.15) is 0 Å². The number of hydrogen-bond donors (Lipinski definition) is 3. The van der Waals surface area contributed by atoms with Gasteiger partial charge in [0.15, 0.2) is 0 Å². The second-order valence-corrected chi connectivity index (χ2v) is 4.12. The molecule has 2 rings (SSSR count). The number of hydrazine groups is 1. The van der Waals surface area contributed by atoms with E-state index < -0.39 is 0 Å². The van der Waals surface area contributed by atoms with Crippen molar-refractivity contribution in [3.05, 3.63) is 53.7 Å². The third-order valence-electron chi connectivity index (χ3n) is 2.74. The van der Waals surface area contributed by atoms with Crippen LogP contribution in [0.1, 0.15) is 15.9 Å². The van der Waals surface area contributed by atoms with Gasteiger partial charge in [-0.3, -0.25) is 4.79 Å². The average molecular weight is 272 g/mol. The molecular weight excluding hydrogens is 256 g/mol. The third kappa shape index (κ3) is 3.31. The first kappa shape index (κ1) is 14.0. The normalized spacial score (nSPS) is 10.1. The molecule has 0 unspecified atom stereocenters. The first-order valence-corrected chi connectivity index (χ1v) is 6.05. The van der Waals surface area contributed by atoms with Gasteiger partial charge < -0.3 is 15.5 Å². The lowest BCUT2D eigenvalue weighted by molar-refractivity contribution is 0.102. The molecule has 1 aromatic heterocycles. The molecule has 0 fully saturated rings. The molecule has 0 bridgehead atoms. The summed E-state index contributed by atoms with van der Waals surface area (Å²) < 4.78 is 5.10. The Bertz CT molecular complexity index is 601. The fourth-order valence-corrected chi connectivity index (χ4v) is 1.77. The molecule has 6 heteroatoms. The number of rotatable bonds is 5. The topological polar surface area (TPSA) is 89.3 Å². The van der Waals surface area contributed by atoms with Crippen molar-refractivity contribution in [2.75, 3.05) is 17.9 Å². The Morgan fingerprint density at radius 2 is 2.15 bits per heavy atom. The van der Waals surface area contributed by atoms with Gasteiger partial charge in [0.25, 0.3) is 5.91 Å². The summed E-state index contributed by atoms with van der Waals surface area (Å²) in [6, 6.07) is 10.7. The van der Waals surface area contributed by atoms with Crippen molar-refractivity contribution in [3.8, 4) is 0 Å². The average Bonchev–Trinajstić information content (AvgIpc) is 2.49. The molecule has 0 radical (unpaired) electrons. The quantitative estimate of drug-likeness (QED) is 0.570. The summed E-state index contributed by atoms with van der Waals surface area (Å²) in [5, 5.41) is 2.85. The first-order valence-electron chi connectivity index (χ1n) is 6.05. The second-order valence-electron chi connectivity index (χ2n) is 4.12. The number of nitrogens with one attached hydrogen (secondary N) is 2. The van der Waals surface area contributed by atoms with Gasteiger partial charge in [-0.1, -0.05) is 18.2 Å². The highest BCUT2D eigenvalue weighted by Crippen LogP contribution is 2.17. The van der Waals surface area contributed by atoms with Crippen LogP contribution in [0.3, 0.4) is 0 Å². The molecule has 0 aliphatic carbocycles. The number of nitrogen functional groups attached to an aromatic ring is 1. The number of methoxy groups -OCH3 is 1. The zero-order chi connectivity index (χ0) is 14.4. The highest BCUT2D eigenvalue weighted by Gasteiger charge is 2.09. The maximum absolute atomic E-state index is 12.2. The molecule has 0 aliphatic rings. The number of amides is 1. The molecule has 0 saturated carbocycles. The number of anilines is 2. The summed E-state index contributed by atoms with van der Waals surface area (Å²) in [5.74, 6) is 5.48. The fourth-order valence-electron chi connectivity index (χ4n) is 1.77. The summed E-state index contributed by atoms with van der Waals surface area (Å²) in [4.78, 5) is 16.1.